The molecule has 1 saturated carbocycles. The minimum Gasteiger partial charge on any atom is -0.350 e. The highest BCUT2D eigenvalue weighted by Gasteiger charge is 2.42. The average Bonchev–Trinajstić information content (AvgIpc) is 3.04. The lowest BCUT2D eigenvalue weighted by Crippen LogP contribution is -2.37. The number of nitrogens with one attached hydrogen (secondary N) is 1. The van der Waals surface area contributed by atoms with Gasteiger partial charge in [-0.2, -0.15) is 0 Å². The number of amides is 1. The van der Waals surface area contributed by atoms with E-state index in [-0.39, 0.29) is 11.4 Å². The van der Waals surface area contributed by atoms with Gasteiger partial charge in [-0.25, -0.2) is 0 Å². The quantitative estimate of drug-likeness (QED) is 0.508. The van der Waals surface area contributed by atoms with E-state index in [1.165, 1.54) is 32.1 Å². The molecule has 0 aliphatic heterocycles. The SMILES string of the molecule is CCCCCCCCC(=O)NC1(CBr)CC1. The van der Waals surface area contributed by atoms with Crippen molar-refractivity contribution in [3.05, 3.63) is 0 Å². The lowest BCUT2D eigenvalue weighted by atomic mass is 10.1. The third-order valence-corrected chi connectivity index (χ3v) is 4.34. The Morgan fingerprint density at radius 1 is 1.19 bits per heavy atom. The molecule has 0 atom stereocenters. The van der Waals surface area contributed by atoms with E-state index in [2.05, 4.69) is 28.2 Å². The van der Waals surface area contributed by atoms with Crippen LogP contribution in [0, 0.1) is 0 Å². The summed E-state index contributed by atoms with van der Waals surface area (Å²) in [7, 11) is 0. The first kappa shape index (κ1) is 14.0. The predicted molar refractivity (Wildman–Crippen MR) is 71.9 cm³/mol. The molecule has 0 saturated heterocycles. The Bertz CT molecular complexity index is 214. The molecule has 16 heavy (non-hydrogen) atoms. The maximum absolute atomic E-state index is 11.6. The van der Waals surface area contributed by atoms with E-state index in [0.29, 0.717) is 6.42 Å². The fraction of sp³-hybridized carbons (Fsp3) is 0.923. The first-order valence-corrected chi connectivity index (χ1v) is 7.71. The van der Waals surface area contributed by atoms with E-state index in [9.17, 15) is 4.79 Å². The summed E-state index contributed by atoms with van der Waals surface area (Å²) in [4.78, 5) is 11.6. The Balaban J connectivity index is 1.94. The summed E-state index contributed by atoms with van der Waals surface area (Å²) in [6.45, 7) is 2.23. The number of carbonyl (C=O) groups is 1. The van der Waals surface area contributed by atoms with Crippen molar-refractivity contribution >= 4 is 21.8 Å². The Labute approximate surface area is 108 Å². The van der Waals surface area contributed by atoms with Crippen molar-refractivity contribution in [2.24, 2.45) is 0 Å². The summed E-state index contributed by atoms with van der Waals surface area (Å²) >= 11 is 3.46. The molecule has 0 aromatic carbocycles. The second kappa shape index (κ2) is 7.31. The van der Waals surface area contributed by atoms with Gasteiger partial charge in [0, 0.05) is 17.3 Å². The number of halogens is 1. The van der Waals surface area contributed by atoms with E-state index >= 15 is 0 Å². The number of alkyl halides is 1. The van der Waals surface area contributed by atoms with Crippen LogP contribution in [0.5, 0.6) is 0 Å². The number of rotatable bonds is 9. The van der Waals surface area contributed by atoms with Gasteiger partial charge in [0.15, 0.2) is 0 Å². The van der Waals surface area contributed by atoms with Gasteiger partial charge in [-0.3, -0.25) is 4.79 Å². The fourth-order valence-electron chi connectivity index (χ4n) is 1.87. The monoisotopic (exact) mass is 289 g/mol. The number of unbranched alkanes of at least 4 members (excludes halogenated alkanes) is 5. The topological polar surface area (TPSA) is 29.1 Å². The van der Waals surface area contributed by atoms with Gasteiger partial charge in [-0.05, 0) is 19.3 Å². The van der Waals surface area contributed by atoms with Gasteiger partial charge in [0.1, 0.15) is 0 Å². The Morgan fingerprint density at radius 2 is 1.81 bits per heavy atom. The third kappa shape index (κ3) is 5.33. The minimum atomic E-state index is 0.124. The highest BCUT2D eigenvalue weighted by atomic mass is 79.9. The maximum atomic E-state index is 11.6. The molecule has 0 aromatic rings. The van der Waals surface area contributed by atoms with Crippen molar-refractivity contribution in [1.82, 2.24) is 5.32 Å². The zero-order valence-electron chi connectivity index (χ0n) is 10.4. The average molecular weight is 290 g/mol. The van der Waals surface area contributed by atoms with E-state index in [4.69, 9.17) is 0 Å². The molecule has 0 radical (unpaired) electrons. The lowest BCUT2D eigenvalue weighted by molar-refractivity contribution is -0.122. The van der Waals surface area contributed by atoms with Crippen molar-refractivity contribution in [1.29, 1.82) is 0 Å². The van der Waals surface area contributed by atoms with Gasteiger partial charge in [-0.15, -0.1) is 0 Å². The molecule has 0 spiro atoms. The smallest absolute Gasteiger partial charge is 0.220 e. The molecule has 94 valence electrons. The largest absolute Gasteiger partial charge is 0.350 e. The van der Waals surface area contributed by atoms with Crippen molar-refractivity contribution in [2.75, 3.05) is 5.33 Å². The molecule has 1 fully saturated rings. The molecule has 1 aliphatic carbocycles. The number of carbonyl (C=O) groups excluding carboxylic acids is 1. The molecule has 0 aromatic heterocycles. The molecule has 0 unspecified atom stereocenters. The first-order chi connectivity index (χ1) is 7.72. The third-order valence-electron chi connectivity index (χ3n) is 3.27. The van der Waals surface area contributed by atoms with E-state index < -0.39 is 0 Å². The second-order valence-electron chi connectivity index (χ2n) is 4.98. The number of hydrogen-bond acceptors (Lipinski definition) is 1. The highest BCUT2D eigenvalue weighted by Crippen LogP contribution is 2.36. The zero-order chi connectivity index (χ0) is 11.9. The summed E-state index contributed by atoms with van der Waals surface area (Å²) in [6, 6.07) is 0. The van der Waals surface area contributed by atoms with Crippen LogP contribution in [0.2, 0.25) is 0 Å². The van der Waals surface area contributed by atoms with Crippen LogP contribution in [-0.2, 0) is 4.79 Å². The van der Waals surface area contributed by atoms with Crippen molar-refractivity contribution in [3.8, 4) is 0 Å². The molecule has 0 bridgehead atoms. The second-order valence-corrected chi connectivity index (χ2v) is 5.54. The summed E-state index contributed by atoms with van der Waals surface area (Å²) in [5.41, 5.74) is 0.124. The van der Waals surface area contributed by atoms with Crippen LogP contribution in [0.25, 0.3) is 0 Å². The lowest BCUT2D eigenvalue weighted by Gasteiger charge is -2.13. The number of hydrogen-bond donors (Lipinski definition) is 1. The Kier molecular flexibility index (Phi) is 6.40. The van der Waals surface area contributed by atoms with Crippen molar-refractivity contribution in [3.63, 3.8) is 0 Å². The van der Waals surface area contributed by atoms with E-state index in [0.717, 1.165) is 24.6 Å². The van der Waals surface area contributed by atoms with Crippen molar-refractivity contribution in [2.45, 2.75) is 70.3 Å². The Hall–Kier alpha value is -0.0500. The molecule has 0 heterocycles. The van der Waals surface area contributed by atoms with Crippen LogP contribution in [0.3, 0.4) is 0 Å². The van der Waals surface area contributed by atoms with Crippen LogP contribution in [-0.4, -0.2) is 16.8 Å². The predicted octanol–water partition coefficient (Wildman–Crippen LogP) is 3.78. The molecule has 1 N–H and O–H groups in total. The van der Waals surface area contributed by atoms with E-state index in [1.807, 2.05) is 0 Å². The summed E-state index contributed by atoms with van der Waals surface area (Å²) in [5.74, 6) is 0.243. The van der Waals surface area contributed by atoms with Gasteiger partial charge < -0.3 is 5.32 Å². The van der Waals surface area contributed by atoms with Crippen LogP contribution in [0.1, 0.15) is 64.7 Å². The normalized spacial score (nSPS) is 17.1. The fourth-order valence-corrected chi connectivity index (χ4v) is 2.57. The molecule has 2 nitrogen and oxygen atoms in total. The minimum absolute atomic E-state index is 0.124. The summed E-state index contributed by atoms with van der Waals surface area (Å²) < 4.78 is 0. The first-order valence-electron chi connectivity index (χ1n) is 6.59. The van der Waals surface area contributed by atoms with Crippen LogP contribution < -0.4 is 5.32 Å². The summed E-state index contributed by atoms with van der Waals surface area (Å²) in [6.07, 6.45) is 10.5. The molecular formula is C13H24BrNO. The van der Waals surface area contributed by atoms with Gasteiger partial charge in [0.2, 0.25) is 5.91 Å². The van der Waals surface area contributed by atoms with E-state index in [1.54, 1.807) is 0 Å². The van der Waals surface area contributed by atoms with Crippen molar-refractivity contribution < 1.29 is 4.79 Å². The van der Waals surface area contributed by atoms with Crippen LogP contribution in [0.4, 0.5) is 0 Å². The van der Waals surface area contributed by atoms with Crippen LogP contribution in [0.15, 0.2) is 0 Å². The van der Waals surface area contributed by atoms with Gasteiger partial charge in [0.25, 0.3) is 0 Å². The molecule has 1 aliphatic rings. The van der Waals surface area contributed by atoms with Gasteiger partial charge in [-0.1, -0.05) is 55.0 Å². The molecule has 3 heteroatoms. The molecule has 1 amide bonds. The van der Waals surface area contributed by atoms with Gasteiger partial charge >= 0.3 is 0 Å². The highest BCUT2D eigenvalue weighted by molar-refractivity contribution is 9.09. The maximum Gasteiger partial charge on any atom is 0.220 e. The summed E-state index contributed by atoms with van der Waals surface area (Å²) in [5, 5.41) is 4.04. The molecular weight excluding hydrogens is 266 g/mol. The standard InChI is InChI=1S/C13H24BrNO/c1-2-3-4-5-6-7-8-12(16)15-13(11-14)9-10-13/h2-11H2,1H3,(H,15,16). The molecule has 1 rings (SSSR count). The van der Waals surface area contributed by atoms with Gasteiger partial charge in [0.05, 0.1) is 0 Å². The zero-order valence-corrected chi connectivity index (χ0v) is 11.9. The Morgan fingerprint density at radius 3 is 2.38 bits per heavy atom. The van der Waals surface area contributed by atoms with Crippen LogP contribution >= 0.6 is 15.9 Å².